The van der Waals surface area contributed by atoms with Gasteiger partial charge in [-0.05, 0) is 61.4 Å². The summed E-state index contributed by atoms with van der Waals surface area (Å²) in [7, 11) is -3.58. The van der Waals surface area contributed by atoms with Crippen LogP contribution in [0.1, 0.15) is 20.8 Å². The Morgan fingerprint density at radius 1 is 0.864 bits per heavy atom. The molecule has 0 bridgehead atoms. The molecule has 0 aromatic heterocycles. The van der Waals surface area contributed by atoms with E-state index < -0.39 is 9.84 Å². The summed E-state index contributed by atoms with van der Waals surface area (Å²) in [5.41, 5.74) is 0. The van der Waals surface area contributed by atoms with Crippen LogP contribution in [0.3, 0.4) is 0 Å². The average molecular weight is 320 g/mol. The van der Waals surface area contributed by atoms with Gasteiger partial charge in [-0.1, -0.05) is 13.8 Å². The van der Waals surface area contributed by atoms with E-state index in [1.54, 1.807) is 12.1 Å². The van der Waals surface area contributed by atoms with Crippen LogP contribution >= 0.6 is 0 Å². The Morgan fingerprint density at radius 3 is 1.77 bits per heavy atom. The standard InChI is InChI=1S/C17H20O4S/c1-12(2)13(3)21-15-6-10-17(11-7-15)22(19,20)16-8-4-14(18)5-9-16/h4-13,18H,1-3H3/t13-/m0/s1. The van der Waals surface area contributed by atoms with Gasteiger partial charge in [-0.15, -0.1) is 0 Å². The maximum Gasteiger partial charge on any atom is 0.206 e. The van der Waals surface area contributed by atoms with E-state index >= 15 is 0 Å². The fourth-order valence-corrected chi connectivity index (χ4v) is 3.07. The summed E-state index contributed by atoms with van der Waals surface area (Å²) in [5.74, 6) is 1.05. The highest BCUT2D eigenvalue weighted by Crippen LogP contribution is 2.25. The Labute approximate surface area is 131 Å². The third-order valence-electron chi connectivity index (χ3n) is 3.54. The molecular weight excluding hydrogens is 300 g/mol. The molecule has 22 heavy (non-hydrogen) atoms. The number of aromatic hydroxyl groups is 1. The van der Waals surface area contributed by atoms with E-state index in [1.807, 2.05) is 6.92 Å². The minimum absolute atomic E-state index is 0.0328. The van der Waals surface area contributed by atoms with Crippen molar-refractivity contribution in [3.8, 4) is 11.5 Å². The van der Waals surface area contributed by atoms with Crippen molar-refractivity contribution < 1.29 is 18.3 Å². The molecule has 0 saturated heterocycles. The van der Waals surface area contributed by atoms with Crippen LogP contribution in [0, 0.1) is 5.92 Å². The smallest absolute Gasteiger partial charge is 0.206 e. The van der Waals surface area contributed by atoms with Gasteiger partial charge in [-0.3, -0.25) is 0 Å². The van der Waals surface area contributed by atoms with Crippen molar-refractivity contribution in [3.63, 3.8) is 0 Å². The predicted molar refractivity (Wildman–Crippen MR) is 84.9 cm³/mol. The number of phenols is 1. The lowest BCUT2D eigenvalue weighted by Crippen LogP contribution is -2.18. The lowest BCUT2D eigenvalue weighted by molar-refractivity contribution is 0.170. The molecule has 0 aliphatic carbocycles. The van der Waals surface area contributed by atoms with Gasteiger partial charge in [-0.25, -0.2) is 8.42 Å². The van der Waals surface area contributed by atoms with Crippen LogP contribution < -0.4 is 4.74 Å². The van der Waals surface area contributed by atoms with E-state index in [9.17, 15) is 13.5 Å². The molecule has 5 heteroatoms. The summed E-state index contributed by atoms with van der Waals surface area (Å²) in [6, 6.07) is 11.9. The topological polar surface area (TPSA) is 63.6 Å². The molecule has 4 nitrogen and oxygen atoms in total. The highest BCUT2D eigenvalue weighted by Gasteiger charge is 2.18. The second kappa shape index (κ2) is 6.40. The summed E-state index contributed by atoms with van der Waals surface area (Å²) < 4.78 is 30.7. The van der Waals surface area contributed by atoms with Gasteiger partial charge in [0, 0.05) is 0 Å². The summed E-state index contributed by atoms with van der Waals surface area (Å²) >= 11 is 0. The molecule has 2 aromatic carbocycles. The van der Waals surface area contributed by atoms with E-state index in [1.165, 1.54) is 36.4 Å². The fourth-order valence-electron chi connectivity index (χ4n) is 1.81. The van der Waals surface area contributed by atoms with Crippen LogP contribution in [0.2, 0.25) is 0 Å². The molecule has 0 amide bonds. The number of phenolic OH excluding ortho intramolecular Hbond substituents is 1. The Bertz CT molecular complexity index is 716. The molecule has 2 rings (SSSR count). The summed E-state index contributed by atoms with van der Waals surface area (Å²) in [6.45, 7) is 6.11. The first-order valence-electron chi connectivity index (χ1n) is 7.11. The van der Waals surface area contributed by atoms with E-state index in [-0.39, 0.29) is 21.6 Å². The van der Waals surface area contributed by atoms with Crippen LogP contribution in [0.4, 0.5) is 0 Å². The lowest BCUT2D eigenvalue weighted by Gasteiger charge is -2.18. The van der Waals surface area contributed by atoms with E-state index in [4.69, 9.17) is 4.74 Å². The van der Waals surface area contributed by atoms with Crippen molar-refractivity contribution in [3.05, 3.63) is 48.5 Å². The van der Waals surface area contributed by atoms with Gasteiger partial charge in [0.05, 0.1) is 15.9 Å². The Hall–Kier alpha value is -2.01. The van der Waals surface area contributed by atoms with Crippen molar-refractivity contribution in [1.29, 1.82) is 0 Å². The van der Waals surface area contributed by atoms with Crippen molar-refractivity contribution >= 4 is 9.84 Å². The monoisotopic (exact) mass is 320 g/mol. The molecule has 0 aliphatic heterocycles. The van der Waals surface area contributed by atoms with Gasteiger partial charge >= 0.3 is 0 Å². The molecule has 1 N–H and O–H groups in total. The molecule has 0 unspecified atom stereocenters. The van der Waals surface area contributed by atoms with E-state index in [2.05, 4.69) is 13.8 Å². The predicted octanol–water partition coefficient (Wildman–Crippen LogP) is 3.65. The van der Waals surface area contributed by atoms with Crippen LogP contribution in [0.15, 0.2) is 58.3 Å². The number of ether oxygens (including phenoxy) is 1. The number of hydrogen-bond donors (Lipinski definition) is 1. The van der Waals surface area contributed by atoms with E-state index in [0.717, 1.165) is 0 Å². The first-order valence-corrected chi connectivity index (χ1v) is 8.60. The quantitative estimate of drug-likeness (QED) is 0.913. The molecule has 1 atom stereocenters. The largest absolute Gasteiger partial charge is 0.508 e. The molecule has 0 radical (unpaired) electrons. The van der Waals surface area contributed by atoms with Gasteiger partial charge in [0.1, 0.15) is 11.5 Å². The summed E-state index contributed by atoms with van der Waals surface area (Å²) in [4.78, 5) is 0.345. The van der Waals surface area contributed by atoms with Crippen molar-refractivity contribution in [2.45, 2.75) is 36.7 Å². The number of benzene rings is 2. The Balaban J connectivity index is 2.24. The zero-order valence-corrected chi connectivity index (χ0v) is 13.7. The third-order valence-corrected chi connectivity index (χ3v) is 5.33. The highest BCUT2D eigenvalue weighted by molar-refractivity contribution is 7.91. The summed E-state index contributed by atoms with van der Waals surface area (Å²) in [6.07, 6.45) is 0.0551. The third kappa shape index (κ3) is 3.60. The zero-order valence-electron chi connectivity index (χ0n) is 12.9. The lowest BCUT2D eigenvalue weighted by atomic mass is 10.1. The van der Waals surface area contributed by atoms with Gasteiger partial charge in [0.2, 0.25) is 9.84 Å². The van der Waals surface area contributed by atoms with Crippen LogP contribution in [-0.4, -0.2) is 19.6 Å². The minimum Gasteiger partial charge on any atom is -0.508 e. The Morgan fingerprint density at radius 2 is 1.32 bits per heavy atom. The van der Waals surface area contributed by atoms with Gasteiger partial charge in [0.25, 0.3) is 0 Å². The molecule has 0 heterocycles. The second-order valence-electron chi connectivity index (χ2n) is 5.54. The molecular formula is C17H20O4S. The molecule has 0 spiro atoms. The summed E-state index contributed by atoms with van der Waals surface area (Å²) in [5, 5.41) is 9.25. The first-order chi connectivity index (χ1) is 10.3. The second-order valence-corrected chi connectivity index (χ2v) is 7.49. The van der Waals surface area contributed by atoms with Crippen LogP contribution in [-0.2, 0) is 9.84 Å². The molecule has 0 aliphatic rings. The number of hydrogen-bond acceptors (Lipinski definition) is 4. The van der Waals surface area contributed by atoms with Crippen LogP contribution in [0.25, 0.3) is 0 Å². The number of sulfone groups is 1. The van der Waals surface area contributed by atoms with Gasteiger partial charge in [-0.2, -0.15) is 0 Å². The number of rotatable bonds is 5. The average Bonchev–Trinajstić information content (AvgIpc) is 2.48. The van der Waals surface area contributed by atoms with Crippen molar-refractivity contribution in [1.82, 2.24) is 0 Å². The van der Waals surface area contributed by atoms with Crippen molar-refractivity contribution in [2.24, 2.45) is 5.92 Å². The first kappa shape index (κ1) is 16.4. The normalized spacial score (nSPS) is 13.1. The molecule has 0 fully saturated rings. The maximum atomic E-state index is 12.5. The SMILES string of the molecule is CC(C)[C@H](C)Oc1ccc(S(=O)(=O)c2ccc(O)cc2)cc1. The molecule has 0 saturated carbocycles. The minimum atomic E-state index is -3.58. The van der Waals surface area contributed by atoms with Gasteiger partial charge < -0.3 is 9.84 Å². The highest BCUT2D eigenvalue weighted by atomic mass is 32.2. The molecule has 118 valence electrons. The molecule has 2 aromatic rings. The fraction of sp³-hybridized carbons (Fsp3) is 0.294. The van der Waals surface area contributed by atoms with Crippen molar-refractivity contribution in [2.75, 3.05) is 0 Å². The van der Waals surface area contributed by atoms with Gasteiger partial charge in [0.15, 0.2) is 0 Å². The zero-order chi connectivity index (χ0) is 16.3. The van der Waals surface area contributed by atoms with Crippen LogP contribution in [0.5, 0.6) is 11.5 Å². The maximum absolute atomic E-state index is 12.5. The van der Waals surface area contributed by atoms with E-state index in [0.29, 0.717) is 11.7 Å². The Kier molecular flexibility index (Phi) is 4.76.